The minimum atomic E-state index is -0.305. The van der Waals surface area contributed by atoms with E-state index in [4.69, 9.17) is 10.8 Å². The molecule has 1 aromatic carbocycles. The van der Waals surface area contributed by atoms with E-state index in [-0.39, 0.29) is 18.5 Å². The van der Waals surface area contributed by atoms with Crippen molar-refractivity contribution in [3.8, 4) is 0 Å². The van der Waals surface area contributed by atoms with Crippen LogP contribution in [0, 0.1) is 5.82 Å². The number of benzene rings is 1. The van der Waals surface area contributed by atoms with E-state index in [0.29, 0.717) is 5.56 Å². The zero-order chi connectivity index (χ0) is 9.42. The van der Waals surface area contributed by atoms with Crippen molar-refractivity contribution in [1.82, 2.24) is 0 Å². The molecule has 0 radical (unpaired) electrons. The molecule has 0 saturated heterocycles. The third-order valence-electron chi connectivity index (χ3n) is 2.62. The molecule has 0 saturated carbocycles. The van der Waals surface area contributed by atoms with Crippen LogP contribution in [0.5, 0.6) is 0 Å². The monoisotopic (exact) mass is 181 g/mol. The SMILES string of the molecule is N[C@H]1CCc2c(CO)cc(F)cc21. The highest BCUT2D eigenvalue weighted by Gasteiger charge is 2.22. The molecule has 2 rings (SSSR count). The summed E-state index contributed by atoms with van der Waals surface area (Å²) >= 11 is 0. The maximum Gasteiger partial charge on any atom is 0.123 e. The van der Waals surface area contributed by atoms with Crippen LogP contribution in [-0.2, 0) is 13.0 Å². The average molecular weight is 181 g/mol. The van der Waals surface area contributed by atoms with Gasteiger partial charge in [-0.3, -0.25) is 0 Å². The summed E-state index contributed by atoms with van der Waals surface area (Å²) < 4.78 is 13.0. The van der Waals surface area contributed by atoms with Crippen LogP contribution in [-0.4, -0.2) is 5.11 Å². The zero-order valence-electron chi connectivity index (χ0n) is 7.26. The van der Waals surface area contributed by atoms with Crippen molar-refractivity contribution >= 4 is 0 Å². The van der Waals surface area contributed by atoms with E-state index in [1.165, 1.54) is 12.1 Å². The third-order valence-corrected chi connectivity index (χ3v) is 2.62. The Hall–Kier alpha value is -0.930. The molecule has 0 spiro atoms. The van der Waals surface area contributed by atoms with Crippen molar-refractivity contribution in [2.45, 2.75) is 25.5 Å². The van der Waals surface area contributed by atoms with Crippen LogP contribution >= 0.6 is 0 Å². The van der Waals surface area contributed by atoms with Gasteiger partial charge >= 0.3 is 0 Å². The van der Waals surface area contributed by atoms with Crippen molar-refractivity contribution < 1.29 is 9.50 Å². The lowest BCUT2D eigenvalue weighted by Gasteiger charge is -2.08. The zero-order valence-corrected chi connectivity index (χ0v) is 7.26. The molecule has 13 heavy (non-hydrogen) atoms. The van der Waals surface area contributed by atoms with E-state index < -0.39 is 0 Å². The molecule has 0 bridgehead atoms. The van der Waals surface area contributed by atoms with Crippen LogP contribution in [0.4, 0.5) is 4.39 Å². The summed E-state index contributed by atoms with van der Waals surface area (Å²) in [4.78, 5) is 0. The summed E-state index contributed by atoms with van der Waals surface area (Å²) in [6, 6.07) is 2.80. The van der Waals surface area contributed by atoms with Gasteiger partial charge in [-0.05, 0) is 41.7 Å². The van der Waals surface area contributed by atoms with Gasteiger partial charge in [0.15, 0.2) is 0 Å². The lowest BCUT2D eigenvalue weighted by atomic mass is 10.0. The van der Waals surface area contributed by atoms with E-state index in [2.05, 4.69) is 0 Å². The lowest BCUT2D eigenvalue weighted by Crippen LogP contribution is -2.06. The topological polar surface area (TPSA) is 46.2 Å². The summed E-state index contributed by atoms with van der Waals surface area (Å²) in [5.41, 5.74) is 8.38. The smallest absolute Gasteiger partial charge is 0.123 e. The highest BCUT2D eigenvalue weighted by atomic mass is 19.1. The minimum Gasteiger partial charge on any atom is -0.392 e. The summed E-state index contributed by atoms with van der Waals surface area (Å²) in [6.45, 7) is -0.104. The fourth-order valence-electron chi connectivity index (χ4n) is 1.95. The minimum absolute atomic E-state index is 0.0593. The quantitative estimate of drug-likeness (QED) is 0.685. The number of aliphatic hydroxyl groups excluding tert-OH is 1. The first-order valence-corrected chi connectivity index (χ1v) is 4.40. The van der Waals surface area contributed by atoms with Gasteiger partial charge in [-0.25, -0.2) is 4.39 Å². The molecule has 2 nitrogen and oxygen atoms in total. The molecule has 1 aromatic rings. The largest absolute Gasteiger partial charge is 0.392 e. The molecular weight excluding hydrogens is 169 g/mol. The van der Waals surface area contributed by atoms with Gasteiger partial charge in [-0.2, -0.15) is 0 Å². The molecular formula is C10H12FNO. The Morgan fingerprint density at radius 1 is 1.54 bits per heavy atom. The van der Waals surface area contributed by atoms with Crippen molar-refractivity contribution in [2.24, 2.45) is 5.73 Å². The Morgan fingerprint density at radius 2 is 2.31 bits per heavy atom. The molecule has 1 atom stereocenters. The van der Waals surface area contributed by atoms with E-state index in [1.807, 2.05) is 0 Å². The first-order valence-electron chi connectivity index (χ1n) is 4.40. The summed E-state index contributed by atoms with van der Waals surface area (Å²) in [6.07, 6.45) is 1.71. The Balaban J connectivity index is 2.56. The number of halogens is 1. The Morgan fingerprint density at radius 3 is 3.00 bits per heavy atom. The molecule has 0 aliphatic heterocycles. The summed E-state index contributed by atoms with van der Waals surface area (Å²) in [7, 11) is 0. The first kappa shape index (κ1) is 8.66. The van der Waals surface area contributed by atoms with Crippen molar-refractivity contribution in [2.75, 3.05) is 0 Å². The van der Waals surface area contributed by atoms with Crippen LogP contribution in [0.1, 0.15) is 29.2 Å². The third kappa shape index (κ3) is 1.34. The highest BCUT2D eigenvalue weighted by Crippen LogP contribution is 2.32. The summed E-state index contributed by atoms with van der Waals surface area (Å²) in [5, 5.41) is 9.00. The van der Waals surface area contributed by atoms with Gasteiger partial charge in [0.2, 0.25) is 0 Å². The van der Waals surface area contributed by atoms with Gasteiger partial charge in [0.05, 0.1) is 6.61 Å². The molecule has 3 heteroatoms. The Kier molecular flexibility index (Phi) is 2.06. The second-order valence-electron chi connectivity index (χ2n) is 3.44. The van der Waals surface area contributed by atoms with Gasteiger partial charge in [0.1, 0.15) is 5.82 Å². The van der Waals surface area contributed by atoms with E-state index in [9.17, 15) is 4.39 Å². The average Bonchev–Trinajstić information content (AvgIpc) is 2.47. The van der Waals surface area contributed by atoms with Crippen LogP contribution < -0.4 is 5.73 Å². The van der Waals surface area contributed by atoms with Crippen molar-refractivity contribution in [1.29, 1.82) is 0 Å². The van der Waals surface area contributed by atoms with E-state index >= 15 is 0 Å². The molecule has 0 unspecified atom stereocenters. The molecule has 0 amide bonds. The second-order valence-corrected chi connectivity index (χ2v) is 3.44. The van der Waals surface area contributed by atoms with Gasteiger partial charge in [0, 0.05) is 6.04 Å². The van der Waals surface area contributed by atoms with Crippen LogP contribution in [0.2, 0.25) is 0 Å². The van der Waals surface area contributed by atoms with E-state index in [1.54, 1.807) is 0 Å². The van der Waals surface area contributed by atoms with Crippen LogP contribution in [0.15, 0.2) is 12.1 Å². The van der Waals surface area contributed by atoms with Crippen molar-refractivity contribution in [3.63, 3.8) is 0 Å². The van der Waals surface area contributed by atoms with Crippen molar-refractivity contribution in [3.05, 3.63) is 34.6 Å². The number of hydrogen-bond donors (Lipinski definition) is 2. The van der Waals surface area contributed by atoms with E-state index in [0.717, 1.165) is 24.0 Å². The molecule has 1 aliphatic rings. The number of rotatable bonds is 1. The van der Waals surface area contributed by atoms with Gasteiger partial charge in [-0.15, -0.1) is 0 Å². The molecule has 1 aliphatic carbocycles. The summed E-state index contributed by atoms with van der Waals surface area (Å²) in [5.74, 6) is -0.305. The second kappa shape index (κ2) is 3.09. The van der Waals surface area contributed by atoms with Gasteiger partial charge < -0.3 is 10.8 Å². The fourth-order valence-corrected chi connectivity index (χ4v) is 1.95. The standard InChI is InChI=1S/C10H12FNO/c11-7-3-6(5-13)8-1-2-10(12)9(8)4-7/h3-4,10,13H,1-2,5,12H2/t10-/m0/s1. The Labute approximate surface area is 76.2 Å². The number of fused-ring (bicyclic) bond motifs is 1. The molecule has 0 aromatic heterocycles. The highest BCUT2D eigenvalue weighted by molar-refractivity contribution is 5.40. The molecule has 0 heterocycles. The number of aliphatic hydroxyl groups is 1. The fraction of sp³-hybridized carbons (Fsp3) is 0.400. The Bertz CT molecular complexity index is 338. The predicted octanol–water partition coefficient (Wildman–Crippen LogP) is 1.26. The lowest BCUT2D eigenvalue weighted by molar-refractivity contribution is 0.280. The predicted molar refractivity (Wildman–Crippen MR) is 47.6 cm³/mol. The normalized spacial score (nSPS) is 20.4. The first-order chi connectivity index (χ1) is 6.22. The van der Waals surface area contributed by atoms with Gasteiger partial charge in [-0.1, -0.05) is 0 Å². The maximum atomic E-state index is 13.0. The maximum absolute atomic E-state index is 13.0. The van der Waals surface area contributed by atoms with Crippen LogP contribution in [0.3, 0.4) is 0 Å². The molecule has 3 N–H and O–H groups in total. The number of hydrogen-bond acceptors (Lipinski definition) is 2. The molecule has 0 fully saturated rings. The molecule has 70 valence electrons. The van der Waals surface area contributed by atoms with Crippen LogP contribution in [0.25, 0.3) is 0 Å². The number of nitrogens with two attached hydrogens (primary N) is 1. The van der Waals surface area contributed by atoms with Gasteiger partial charge in [0.25, 0.3) is 0 Å².